The van der Waals surface area contributed by atoms with E-state index in [0.717, 1.165) is 0 Å². The van der Waals surface area contributed by atoms with E-state index in [9.17, 15) is 0 Å². The number of fused-ring (bicyclic) bond motifs is 5. The van der Waals surface area contributed by atoms with Crippen LogP contribution in [0.2, 0.25) is 0 Å². The first-order chi connectivity index (χ1) is 6.55. The van der Waals surface area contributed by atoms with E-state index in [-0.39, 0.29) is 11.2 Å². The maximum atomic E-state index is 6.20. The van der Waals surface area contributed by atoms with Crippen molar-refractivity contribution in [1.82, 2.24) is 0 Å². The fraction of sp³-hybridized carbons (Fsp3) is 0.538. The van der Waals surface area contributed by atoms with Gasteiger partial charge in [0.25, 0.3) is 0 Å². The summed E-state index contributed by atoms with van der Waals surface area (Å²) in [5, 5.41) is 0. The lowest BCUT2D eigenvalue weighted by atomic mass is 9.76. The number of rotatable bonds is 0. The van der Waals surface area contributed by atoms with Crippen LogP contribution in [0, 0.1) is 6.92 Å². The quantitative estimate of drug-likeness (QED) is 0.607. The summed E-state index contributed by atoms with van der Waals surface area (Å²) in [5.41, 5.74) is 4.25. The molecule has 0 amide bonds. The molecule has 0 N–H and O–H groups in total. The molecule has 0 unspecified atom stereocenters. The monoisotopic (exact) mass is 188 g/mol. The van der Waals surface area contributed by atoms with Crippen LogP contribution in [0.3, 0.4) is 0 Å². The highest BCUT2D eigenvalue weighted by Crippen LogP contribution is 2.58. The maximum Gasteiger partial charge on any atom is 0.0922 e. The molecule has 1 aromatic carbocycles. The van der Waals surface area contributed by atoms with Gasteiger partial charge in [-0.05, 0) is 50.3 Å². The van der Waals surface area contributed by atoms with E-state index in [0.29, 0.717) is 0 Å². The molecule has 1 saturated heterocycles. The van der Waals surface area contributed by atoms with Crippen LogP contribution in [0.5, 0.6) is 0 Å². The highest BCUT2D eigenvalue weighted by molar-refractivity contribution is 5.47. The third kappa shape index (κ3) is 0.795. The number of ether oxygens (including phenoxy) is 1. The second kappa shape index (κ2) is 2.22. The number of benzene rings is 1. The number of aryl methyl sites for hydroxylation is 1. The molecule has 1 fully saturated rings. The Balaban J connectivity index is 2.34. The first-order valence-electron chi connectivity index (χ1n) is 5.36. The first kappa shape index (κ1) is 8.49. The van der Waals surface area contributed by atoms with E-state index >= 15 is 0 Å². The molecule has 2 aliphatic heterocycles. The summed E-state index contributed by atoms with van der Waals surface area (Å²) in [4.78, 5) is 0. The van der Waals surface area contributed by atoms with Crippen LogP contribution < -0.4 is 0 Å². The van der Waals surface area contributed by atoms with Gasteiger partial charge in [-0.3, -0.25) is 0 Å². The molecule has 2 heterocycles. The molecule has 2 aliphatic rings. The van der Waals surface area contributed by atoms with Crippen LogP contribution in [-0.2, 0) is 15.9 Å². The van der Waals surface area contributed by atoms with Gasteiger partial charge in [0.15, 0.2) is 0 Å². The highest BCUT2D eigenvalue weighted by atomic mass is 16.5. The summed E-state index contributed by atoms with van der Waals surface area (Å²) in [6.07, 6.45) is 2.33. The summed E-state index contributed by atoms with van der Waals surface area (Å²) >= 11 is 0. The van der Waals surface area contributed by atoms with E-state index in [1.807, 2.05) is 0 Å². The fourth-order valence-corrected chi connectivity index (χ4v) is 3.25. The average molecular weight is 188 g/mol. The fourth-order valence-electron chi connectivity index (χ4n) is 3.25. The molecule has 14 heavy (non-hydrogen) atoms. The second-order valence-corrected chi connectivity index (χ2v) is 5.06. The molecule has 0 spiro atoms. The molecule has 0 aromatic heterocycles. The topological polar surface area (TPSA) is 9.23 Å². The van der Waals surface area contributed by atoms with Gasteiger partial charge in [-0.1, -0.05) is 18.2 Å². The minimum Gasteiger partial charge on any atom is -0.360 e. The Bertz CT molecular complexity index is 410. The Labute approximate surface area is 85.1 Å². The second-order valence-electron chi connectivity index (χ2n) is 5.06. The normalized spacial score (nSPS) is 38.8. The summed E-state index contributed by atoms with van der Waals surface area (Å²) in [6.45, 7) is 6.65. The molecule has 1 nitrogen and oxygen atoms in total. The summed E-state index contributed by atoms with van der Waals surface area (Å²) in [6, 6.07) is 6.57. The maximum absolute atomic E-state index is 6.20. The number of hydrogen-bond acceptors (Lipinski definition) is 1. The lowest BCUT2D eigenvalue weighted by molar-refractivity contribution is -0.0663. The van der Waals surface area contributed by atoms with Crippen LogP contribution >= 0.6 is 0 Å². The zero-order valence-electron chi connectivity index (χ0n) is 9.05. The van der Waals surface area contributed by atoms with Gasteiger partial charge in [-0.2, -0.15) is 0 Å². The summed E-state index contributed by atoms with van der Waals surface area (Å²) < 4.78 is 6.20. The van der Waals surface area contributed by atoms with Crippen molar-refractivity contribution in [3.63, 3.8) is 0 Å². The average Bonchev–Trinajstić information content (AvgIpc) is 2.54. The van der Waals surface area contributed by atoms with Gasteiger partial charge in [-0.25, -0.2) is 0 Å². The first-order valence-corrected chi connectivity index (χ1v) is 5.36. The molecular weight excluding hydrogens is 172 g/mol. The van der Waals surface area contributed by atoms with Gasteiger partial charge >= 0.3 is 0 Å². The molecule has 0 radical (unpaired) electrons. The summed E-state index contributed by atoms with van der Waals surface area (Å²) in [5.74, 6) is 0. The van der Waals surface area contributed by atoms with Crippen LogP contribution in [0.4, 0.5) is 0 Å². The zero-order chi connectivity index (χ0) is 9.97. The zero-order valence-corrected chi connectivity index (χ0v) is 9.05. The molecule has 2 atom stereocenters. The molecule has 2 bridgehead atoms. The minimum atomic E-state index is -0.00454. The van der Waals surface area contributed by atoms with Gasteiger partial charge in [0, 0.05) is 0 Å². The molecule has 3 rings (SSSR count). The molecule has 1 heteroatoms. The van der Waals surface area contributed by atoms with E-state index in [1.165, 1.54) is 29.5 Å². The Morgan fingerprint density at radius 3 is 2.57 bits per heavy atom. The predicted molar refractivity (Wildman–Crippen MR) is 56.2 cm³/mol. The molecule has 0 aliphatic carbocycles. The predicted octanol–water partition coefficient (Wildman–Crippen LogP) is 3.25. The van der Waals surface area contributed by atoms with Crippen molar-refractivity contribution in [2.75, 3.05) is 0 Å². The minimum absolute atomic E-state index is 0.00387. The van der Waals surface area contributed by atoms with Gasteiger partial charge in [0.05, 0.1) is 11.2 Å². The molecular formula is C13H16O. The molecule has 1 aromatic rings. The van der Waals surface area contributed by atoms with Crippen molar-refractivity contribution in [2.45, 2.75) is 44.8 Å². The molecule has 74 valence electrons. The van der Waals surface area contributed by atoms with Gasteiger partial charge in [0.1, 0.15) is 0 Å². The van der Waals surface area contributed by atoms with Crippen LogP contribution in [0.25, 0.3) is 0 Å². The van der Waals surface area contributed by atoms with E-state index in [2.05, 4.69) is 39.0 Å². The van der Waals surface area contributed by atoms with Crippen molar-refractivity contribution in [3.05, 3.63) is 34.9 Å². The van der Waals surface area contributed by atoms with Crippen molar-refractivity contribution in [2.24, 2.45) is 0 Å². The van der Waals surface area contributed by atoms with Gasteiger partial charge in [0.2, 0.25) is 0 Å². The van der Waals surface area contributed by atoms with Crippen molar-refractivity contribution < 1.29 is 4.74 Å². The highest BCUT2D eigenvalue weighted by Gasteiger charge is 2.54. The Morgan fingerprint density at radius 1 is 1.14 bits per heavy atom. The molecule has 0 saturated carbocycles. The van der Waals surface area contributed by atoms with Crippen molar-refractivity contribution >= 4 is 0 Å². The van der Waals surface area contributed by atoms with Crippen molar-refractivity contribution in [1.29, 1.82) is 0 Å². The van der Waals surface area contributed by atoms with Gasteiger partial charge in [-0.15, -0.1) is 0 Å². The number of hydrogen-bond donors (Lipinski definition) is 0. The largest absolute Gasteiger partial charge is 0.360 e. The summed E-state index contributed by atoms with van der Waals surface area (Å²) in [7, 11) is 0. The van der Waals surface area contributed by atoms with E-state index in [1.54, 1.807) is 0 Å². The Kier molecular flexibility index (Phi) is 1.35. The standard InChI is InChI=1S/C13H16O/c1-9-5-4-6-10-11(9)13(3)8-7-12(10,2)14-13/h4-6H,7-8H2,1-3H3/t12-,13+/m0/s1. The van der Waals surface area contributed by atoms with Gasteiger partial charge < -0.3 is 4.74 Å². The van der Waals surface area contributed by atoms with Crippen LogP contribution in [0.15, 0.2) is 18.2 Å². The third-order valence-electron chi connectivity index (χ3n) is 3.90. The lowest BCUT2D eigenvalue weighted by Gasteiger charge is -2.24. The van der Waals surface area contributed by atoms with E-state index in [4.69, 9.17) is 4.74 Å². The third-order valence-corrected chi connectivity index (χ3v) is 3.90. The smallest absolute Gasteiger partial charge is 0.0922 e. The van der Waals surface area contributed by atoms with E-state index < -0.39 is 0 Å². The van der Waals surface area contributed by atoms with Crippen LogP contribution in [-0.4, -0.2) is 0 Å². The SMILES string of the molecule is Cc1cccc2c1[C@@]1(C)CC[C@]2(C)O1. The Morgan fingerprint density at radius 2 is 1.86 bits per heavy atom. The lowest BCUT2D eigenvalue weighted by Crippen LogP contribution is -2.19. The van der Waals surface area contributed by atoms with Crippen LogP contribution in [0.1, 0.15) is 43.4 Å². The Hall–Kier alpha value is -0.820. The van der Waals surface area contributed by atoms with Crippen molar-refractivity contribution in [3.8, 4) is 0 Å².